The number of aliphatic hydroxyl groups is 1. The summed E-state index contributed by atoms with van der Waals surface area (Å²) >= 11 is 1.55. The summed E-state index contributed by atoms with van der Waals surface area (Å²) in [4.78, 5) is 49.8. The first-order valence-corrected chi connectivity index (χ1v) is 12.9. The molecule has 0 saturated carbocycles. The van der Waals surface area contributed by atoms with Crippen LogP contribution in [0.15, 0.2) is 30.3 Å². The lowest BCUT2D eigenvalue weighted by molar-refractivity contribution is -0.143. The Labute approximate surface area is 209 Å². The van der Waals surface area contributed by atoms with Crippen molar-refractivity contribution in [3.63, 3.8) is 0 Å². The number of unbranched alkanes of at least 4 members (excludes halogenated alkanes) is 1. The average molecular weight is 512 g/mol. The fourth-order valence-electron chi connectivity index (χ4n) is 3.21. The van der Waals surface area contributed by atoms with E-state index in [2.05, 4.69) is 16.0 Å². The Hall–Kier alpha value is -2.67. The van der Waals surface area contributed by atoms with Crippen LogP contribution < -0.4 is 27.4 Å². The molecule has 11 nitrogen and oxygen atoms in total. The molecule has 0 aromatic heterocycles. The number of hydrogen-bond acceptors (Lipinski definition) is 8. The molecule has 0 aliphatic heterocycles. The van der Waals surface area contributed by atoms with Crippen LogP contribution in [-0.2, 0) is 25.6 Å². The van der Waals surface area contributed by atoms with Gasteiger partial charge >= 0.3 is 5.97 Å². The molecule has 1 aromatic rings. The van der Waals surface area contributed by atoms with Crippen LogP contribution in [0, 0.1) is 0 Å². The van der Waals surface area contributed by atoms with Gasteiger partial charge in [0.15, 0.2) is 0 Å². The lowest BCUT2D eigenvalue weighted by atomic mass is 10.0. The molecule has 0 saturated heterocycles. The number of nitrogens with one attached hydrogen (secondary N) is 3. The average Bonchev–Trinajstić information content (AvgIpc) is 2.84. The summed E-state index contributed by atoms with van der Waals surface area (Å²) in [6, 6.07) is 4.47. The molecule has 4 atom stereocenters. The van der Waals surface area contributed by atoms with Gasteiger partial charge in [-0.15, -0.1) is 0 Å². The number of carboxylic acid groups (broad SMARTS) is 1. The number of thioether (sulfide) groups is 1. The van der Waals surface area contributed by atoms with Crippen LogP contribution in [0.1, 0.15) is 31.2 Å². The molecule has 35 heavy (non-hydrogen) atoms. The Kier molecular flexibility index (Phi) is 14.6. The summed E-state index contributed by atoms with van der Waals surface area (Å²) in [7, 11) is 0. The van der Waals surface area contributed by atoms with Crippen LogP contribution in [0.3, 0.4) is 0 Å². The molecule has 0 aliphatic carbocycles. The maximum absolute atomic E-state index is 13.2. The van der Waals surface area contributed by atoms with Gasteiger partial charge < -0.3 is 37.6 Å². The van der Waals surface area contributed by atoms with Crippen LogP contribution in [0.2, 0.25) is 0 Å². The predicted octanol–water partition coefficient (Wildman–Crippen LogP) is -1.03. The first-order chi connectivity index (χ1) is 16.7. The number of amides is 3. The molecular weight excluding hydrogens is 474 g/mol. The zero-order valence-corrected chi connectivity index (χ0v) is 20.8. The third-order valence-corrected chi connectivity index (χ3v) is 5.91. The van der Waals surface area contributed by atoms with Crippen molar-refractivity contribution in [2.45, 2.75) is 56.3 Å². The minimum atomic E-state index is -1.52. The van der Waals surface area contributed by atoms with Gasteiger partial charge in [0.2, 0.25) is 17.7 Å². The molecule has 3 amide bonds. The van der Waals surface area contributed by atoms with E-state index in [-0.39, 0.29) is 12.8 Å². The molecule has 0 fully saturated rings. The molecule has 1 aromatic carbocycles. The number of carboxylic acids is 1. The van der Waals surface area contributed by atoms with E-state index in [4.69, 9.17) is 16.6 Å². The van der Waals surface area contributed by atoms with Crippen LogP contribution in [0.4, 0.5) is 0 Å². The number of carbonyl (C=O) groups excluding carboxylic acids is 3. The van der Waals surface area contributed by atoms with E-state index in [9.17, 15) is 24.3 Å². The van der Waals surface area contributed by atoms with Gasteiger partial charge in [0.05, 0.1) is 12.6 Å². The Morgan fingerprint density at radius 3 is 2.09 bits per heavy atom. The summed E-state index contributed by atoms with van der Waals surface area (Å²) in [6.45, 7) is -0.384. The number of rotatable bonds is 17. The maximum atomic E-state index is 13.2. The highest BCUT2D eigenvalue weighted by molar-refractivity contribution is 7.98. The van der Waals surface area contributed by atoms with Gasteiger partial charge in [-0.1, -0.05) is 30.3 Å². The molecule has 0 radical (unpaired) electrons. The quantitative estimate of drug-likeness (QED) is 0.128. The van der Waals surface area contributed by atoms with Gasteiger partial charge in [-0.25, -0.2) is 4.79 Å². The topological polar surface area (TPSA) is 197 Å². The first kappa shape index (κ1) is 30.4. The number of benzene rings is 1. The lowest BCUT2D eigenvalue weighted by Crippen LogP contribution is -2.58. The Bertz CT molecular complexity index is 813. The zero-order chi connectivity index (χ0) is 26.2. The monoisotopic (exact) mass is 511 g/mol. The third kappa shape index (κ3) is 11.5. The van der Waals surface area contributed by atoms with Gasteiger partial charge in [-0.3, -0.25) is 14.4 Å². The minimum absolute atomic E-state index is 0.0763. The lowest BCUT2D eigenvalue weighted by Gasteiger charge is -2.25. The van der Waals surface area contributed by atoms with Crippen LogP contribution in [0.5, 0.6) is 0 Å². The summed E-state index contributed by atoms with van der Waals surface area (Å²) in [6.07, 6.45) is 3.92. The molecule has 9 N–H and O–H groups in total. The molecule has 1 rings (SSSR count). The van der Waals surface area contributed by atoms with Gasteiger partial charge in [0.1, 0.15) is 18.1 Å². The van der Waals surface area contributed by atoms with Gasteiger partial charge in [-0.2, -0.15) is 11.8 Å². The summed E-state index contributed by atoms with van der Waals surface area (Å²) in [5, 5.41) is 26.0. The van der Waals surface area contributed by atoms with E-state index < -0.39 is 54.5 Å². The van der Waals surface area contributed by atoms with Crippen molar-refractivity contribution in [3.05, 3.63) is 35.9 Å². The Balaban J connectivity index is 3.04. The highest BCUT2D eigenvalue weighted by Gasteiger charge is 2.30. The van der Waals surface area contributed by atoms with E-state index in [0.717, 1.165) is 5.56 Å². The normalized spacial score (nSPS) is 14.3. The van der Waals surface area contributed by atoms with Crippen molar-refractivity contribution in [1.82, 2.24) is 16.0 Å². The first-order valence-electron chi connectivity index (χ1n) is 11.5. The fourth-order valence-corrected chi connectivity index (χ4v) is 3.70. The largest absolute Gasteiger partial charge is 0.480 e. The zero-order valence-electron chi connectivity index (χ0n) is 19.9. The summed E-state index contributed by atoms with van der Waals surface area (Å²) < 4.78 is 0. The third-order valence-electron chi connectivity index (χ3n) is 5.26. The molecule has 0 bridgehead atoms. The fraction of sp³-hybridized carbons (Fsp3) is 0.565. The number of aliphatic carboxylic acids is 1. The van der Waals surface area contributed by atoms with Crippen molar-refractivity contribution in [2.24, 2.45) is 11.5 Å². The molecule has 0 heterocycles. The molecule has 0 aliphatic rings. The standard InChI is InChI=1S/C23H37N5O6S/c1-35-12-10-16(25)20(30)26-17(9-5-6-11-24)21(31)27-18(13-15-7-3-2-4-8-15)22(32)28-19(14-29)23(33)34/h2-4,7-8,16-19,29H,5-6,9-14,24-25H2,1H3,(H,26,30)(H,27,31)(H,28,32)(H,33,34). The number of carbonyl (C=O) groups is 4. The van der Waals surface area contributed by atoms with Gasteiger partial charge in [0, 0.05) is 6.42 Å². The second-order valence-electron chi connectivity index (χ2n) is 8.07. The molecule has 0 spiro atoms. The summed E-state index contributed by atoms with van der Waals surface area (Å²) in [5.74, 6) is -2.56. The van der Waals surface area contributed by atoms with Gasteiger partial charge in [0.25, 0.3) is 0 Å². The van der Waals surface area contributed by atoms with E-state index >= 15 is 0 Å². The van der Waals surface area contributed by atoms with Crippen molar-refractivity contribution in [3.8, 4) is 0 Å². The van der Waals surface area contributed by atoms with E-state index in [1.165, 1.54) is 0 Å². The highest BCUT2D eigenvalue weighted by atomic mass is 32.2. The number of nitrogens with two attached hydrogens (primary N) is 2. The minimum Gasteiger partial charge on any atom is -0.480 e. The SMILES string of the molecule is CSCCC(N)C(=O)NC(CCCCN)C(=O)NC(Cc1ccccc1)C(=O)NC(CO)C(=O)O. The molecule has 4 unspecified atom stereocenters. The Morgan fingerprint density at radius 2 is 1.51 bits per heavy atom. The van der Waals surface area contributed by atoms with Crippen molar-refractivity contribution < 1.29 is 29.4 Å². The van der Waals surface area contributed by atoms with E-state index in [1.807, 2.05) is 6.26 Å². The second-order valence-corrected chi connectivity index (χ2v) is 9.05. The smallest absolute Gasteiger partial charge is 0.328 e. The second kappa shape index (κ2) is 16.9. The van der Waals surface area contributed by atoms with Gasteiger partial charge in [-0.05, 0) is 49.8 Å². The van der Waals surface area contributed by atoms with Crippen LogP contribution in [-0.4, -0.2) is 83.2 Å². The van der Waals surface area contributed by atoms with Crippen molar-refractivity contribution >= 4 is 35.5 Å². The molecule has 12 heteroatoms. The van der Waals surface area contributed by atoms with Crippen molar-refractivity contribution in [1.29, 1.82) is 0 Å². The van der Waals surface area contributed by atoms with Crippen LogP contribution in [0.25, 0.3) is 0 Å². The molecule has 196 valence electrons. The predicted molar refractivity (Wildman–Crippen MR) is 135 cm³/mol. The number of hydrogen-bond donors (Lipinski definition) is 7. The number of aliphatic hydroxyl groups excluding tert-OH is 1. The van der Waals surface area contributed by atoms with Crippen LogP contribution >= 0.6 is 11.8 Å². The highest BCUT2D eigenvalue weighted by Crippen LogP contribution is 2.08. The van der Waals surface area contributed by atoms with Crippen molar-refractivity contribution in [2.75, 3.05) is 25.2 Å². The summed E-state index contributed by atoms with van der Waals surface area (Å²) in [5.41, 5.74) is 12.2. The van der Waals surface area contributed by atoms with E-state index in [1.54, 1.807) is 42.1 Å². The van der Waals surface area contributed by atoms with E-state index in [0.29, 0.717) is 31.6 Å². The molecular formula is C23H37N5O6S. The Morgan fingerprint density at radius 1 is 0.914 bits per heavy atom. The maximum Gasteiger partial charge on any atom is 0.328 e.